The summed E-state index contributed by atoms with van der Waals surface area (Å²) in [6.07, 6.45) is 0. The van der Waals surface area contributed by atoms with Gasteiger partial charge < -0.3 is 15.4 Å². The van der Waals surface area contributed by atoms with E-state index in [4.69, 9.17) is 4.74 Å². The second kappa shape index (κ2) is 8.16. The Balaban J connectivity index is 1.50. The predicted molar refractivity (Wildman–Crippen MR) is 101 cm³/mol. The van der Waals surface area contributed by atoms with Crippen LogP contribution in [0.3, 0.4) is 0 Å². The van der Waals surface area contributed by atoms with E-state index in [-0.39, 0.29) is 18.4 Å². The van der Waals surface area contributed by atoms with Gasteiger partial charge in [-0.3, -0.25) is 9.59 Å². The van der Waals surface area contributed by atoms with Crippen molar-refractivity contribution in [3.63, 3.8) is 0 Å². The average molecular weight is 348 g/mol. The van der Waals surface area contributed by atoms with Crippen LogP contribution in [0.1, 0.15) is 15.9 Å². The molecule has 0 atom stereocenters. The molecule has 2 N–H and O–H groups in total. The molecule has 5 heteroatoms. The van der Waals surface area contributed by atoms with Gasteiger partial charge in [0.2, 0.25) is 0 Å². The highest BCUT2D eigenvalue weighted by Gasteiger charge is 2.05. The lowest BCUT2D eigenvalue weighted by Gasteiger charge is -2.09. The molecular weight excluding hydrogens is 328 g/mol. The Morgan fingerprint density at radius 3 is 2.38 bits per heavy atom. The number of nitrogens with one attached hydrogen (secondary N) is 2. The van der Waals surface area contributed by atoms with Gasteiger partial charge in [0.1, 0.15) is 5.75 Å². The quantitative estimate of drug-likeness (QED) is 0.720. The molecule has 0 unspecified atom stereocenters. The third-order valence-corrected chi connectivity index (χ3v) is 4.02. The lowest BCUT2D eigenvalue weighted by molar-refractivity contribution is -0.123. The Kier molecular flexibility index (Phi) is 5.49. The molecule has 132 valence electrons. The highest BCUT2D eigenvalue weighted by atomic mass is 16.5. The summed E-state index contributed by atoms with van der Waals surface area (Å²) >= 11 is 0. The third kappa shape index (κ3) is 4.39. The molecule has 2 amide bonds. The predicted octanol–water partition coefficient (Wildman–Crippen LogP) is 2.89. The molecule has 0 aliphatic heterocycles. The number of carbonyl (C=O) groups is 2. The van der Waals surface area contributed by atoms with Gasteiger partial charge in [0.15, 0.2) is 6.61 Å². The maximum absolute atomic E-state index is 12.0. The molecule has 0 fully saturated rings. The maximum atomic E-state index is 12.0. The summed E-state index contributed by atoms with van der Waals surface area (Å²) in [6, 6.07) is 20.8. The van der Waals surface area contributed by atoms with Gasteiger partial charge >= 0.3 is 0 Å². The monoisotopic (exact) mass is 348 g/mol. The Morgan fingerprint density at radius 1 is 0.923 bits per heavy atom. The first kappa shape index (κ1) is 17.5. The zero-order chi connectivity index (χ0) is 18.4. The van der Waals surface area contributed by atoms with Gasteiger partial charge in [-0.15, -0.1) is 0 Å². The number of carbonyl (C=O) groups excluding carboxylic acids is 2. The van der Waals surface area contributed by atoms with Crippen molar-refractivity contribution in [2.45, 2.75) is 6.54 Å². The van der Waals surface area contributed by atoms with E-state index in [1.807, 2.05) is 54.6 Å². The van der Waals surface area contributed by atoms with Gasteiger partial charge in [-0.1, -0.05) is 42.5 Å². The Hall–Kier alpha value is -3.34. The molecule has 0 bridgehead atoms. The number of ether oxygens (including phenoxy) is 1. The summed E-state index contributed by atoms with van der Waals surface area (Å²) in [7, 11) is 1.59. The van der Waals surface area contributed by atoms with E-state index in [1.54, 1.807) is 19.2 Å². The maximum Gasteiger partial charge on any atom is 0.258 e. The van der Waals surface area contributed by atoms with Crippen LogP contribution in [0.15, 0.2) is 66.7 Å². The molecule has 0 aromatic heterocycles. The zero-order valence-electron chi connectivity index (χ0n) is 14.5. The lowest BCUT2D eigenvalue weighted by Crippen LogP contribution is -2.28. The molecule has 26 heavy (non-hydrogen) atoms. The largest absolute Gasteiger partial charge is 0.484 e. The minimum absolute atomic E-state index is 0.0470. The second-order valence-corrected chi connectivity index (χ2v) is 5.85. The summed E-state index contributed by atoms with van der Waals surface area (Å²) in [5.74, 6) is 0.326. The van der Waals surface area contributed by atoms with E-state index >= 15 is 0 Å². The summed E-state index contributed by atoms with van der Waals surface area (Å²) < 4.78 is 5.56. The van der Waals surface area contributed by atoms with E-state index < -0.39 is 0 Å². The van der Waals surface area contributed by atoms with Crippen LogP contribution in [0.25, 0.3) is 10.8 Å². The molecule has 0 saturated heterocycles. The molecule has 0 heterocycles. The van der Waals surface area contributed by atoms with Crippen molar-refractivity contribution >= 4 is 22.6 Å². The number of rotatable bonds is 6. The first-order chi connectivity index (χ1) is 12.7. The molecule has 3 aromatic rings. The minimum Gasteiger partial charge on any atom is -0.484 e. The van der Waals surface area contributed by atoms with Crippen molar-refractivity contribution in [1.29, 1.82) is 0 Å². The molecule has 0 aliphatic carbocycles. The zero-order valence-corrected chi connectivity index (χ0v) is 14.5. The number of hydrogen-bond donors (Lipinski definition) is 2. The van der Waals surface area contributed by atoms with Gasteiger partial charge in [-0.2, -0.15) is 0 Å². The van der Waals surface area contributed by atoms with E-state index in [1.165, 1.54) is 0 Å². The highest BCUT2D eigenvalue weighted by molar-refractivity contribution is 5.94. The van der Waals surface area contributed by atoms with Crippen molar-refractivity contribution in [1.82, 2.24) is 10.6 Å². The van der Waals surface area contributed by atoms with Crippen LogP contribution in [0.4, 0.5) is 0 Å². The molecule has 3 rings (SSSR count). The second-order valence-electron chi connectivity index (χ2n) is 5.85. The Morgan fingerprint density at radius 2 is 1.65 bits per heavy atom. The first-order valence-corrected chi connectivity index (χ1v) is 8.35. The first-order valence-electron chi connectivity index (χ1n) is 8.35. The number of benzene rings is 3. The van der Waals surface area contributed by atoms with Crippen LogP contribution >= 0.6 is 0 Å². The van der Waals surface area contributed by atoms with Crippen molar-refractivity contribution in [2.75, 3.05) is 13.7 Å². The van der Waals surface area contributed by atoms with Gasteiger partial charge in [0.05, 0.1) is 0 Å². The van der Waals surface area contributed by atoms with Crippen LogP contribution in [0.2, 0.25) is 0 Å². The molecular formula is C21H20N2O3. The summed E-state index contributed by atoms with van der Waals surface area (Å²) in [6.45, 7) is 0.336. The minimum atomic E-state index is -0.200. The summed E-state index contributed by atoms with van der Waals surface area (Å²) in [5.41, 5.74) is 1.50. The number of amides is 2. The summed E-state index contributed by atoms with van der Waals surface area (Å²) in [5, 5.41) is 7.57. The average Bonchev–Trinajstić information content (AvgIpc) is 2.70. The molecule has 5 nitrogen and oxygen atoms in total. The van der Waals surface area contributed by atoms with E-state index in [2.05, 4.69) is 10.6 Å². The molecule has 3 aromatic carbocycles. The SMILES string of the molecule is CNC(=O)c1ccc(CNC(=O)COc2ccc3ccccc3c2)cc1. The molecule has 0 aliphatic rings. The summed E-state index contributed by atoms with van der Waals surface area (Å²) in [4.78, 5) is 23.5. The fourth-order valence-corrected chi connectivity index (χ4v) is 2.58. The van der Waals surface area contributed by atoms with Crippen molar-refractivity contribution in [3.8, 4) is 5.75 Å². The van der Waals surface area contributed by atoms with Crippen molar-refractivity contribution in [3.05, 3.63) is 77.9 Å². The Labute approximate surface area is 152 Å². The topological polar surface area (TPSA) is 67.4 Å². The fraction of sp³-hybridized carbons (Fsp3) is 0.143. The van der Waals surface area contributed by atoms with E-state index in [0.717, 1.165) is 16.3 Å². The van der Waals surface area contributed by atoms with Crippen molar-refractivity contribution < 1.29 is 14.3 Å². The Bertz CT molecular complexity index is 920. The van der Waals surface area contributed by atoms with Crippen LogP contribution < -0.4 is 15.4 Å². The molecule has 0 saturated carbocycles. The normalized spacial score (nSPS) is 10.3. The lowest BCUT2D eigenvalue weighted by atomic mass is 10.1. The van der Waals surface area contributed by atoms with Gasteiger partial charge in [0.25, 0.3) is 11.8 Å². The molecule has 0 spiro atoms. The van der Waals surface area contributed by atoms with Crippen LogP contribution in [0, 0.1) is 0 Å². The van der Waals surface area contributed by atoms with Crippen LogP contribution in [0.5, 0.6) is 5.75 Å². The number of fused-ring (bicyclic) bond motifs is 1. The van der Waals surface area contributed by atoms with Crippen LogP contribution in [-0.2, 0) is 11.3 Å². The van der Waals surface area contributed by atoms with Gasteiger partial charge in [0, 0.05) is 19.2 Å². The van der Waals surface area contributed by atoms with Gasteiger partial charge in [-0.05, 0) is 40.6 Å². The third-order valence-electron chi connectivity index (χ3n) is 4.02. The number of hydrogen-bond acceptors (Lipinski definition) is 3. The van der Waals surface area contributed by atoms with Crippen molar-refractivity contribution in [2.24, 2.45) is 0 Å². The smallest absolute Gasteiger partial charge is 0.258 e. The van der Waals surface area contributed by atoms with Gasteiger partial charge in [-0.25, -0.2) is 0 Å². The fourth-order valence-electron chi connectivity index (χ4n) is 2.58. The van der Waals surface area contributed by atoms with E-state index in [0.29, 0.717) is 17.9 Å². The highest BCUT2D eigenvalue weighted by Crippen LogP contribution is 2.20. The van der Waals surface area contributed by atoms with E-state index in [9.17, 15) is 9.59 Å². The molecule has 0 radical (unpaired) electrons. The standard InChI is InChI=1S/C21H20N2O3/c1-22-21(25)17-8-6-15(7-9-17)13-23-20(24)14-26-19-11-10-16-4-2-3-5-18(16)12-19/h2-12H,13-14H2,1H3,(H,22,25)(H,23,24). The van der Waals surface area contributed by atoms with Crippen LogP contribution in [-0.4, -0.2) is 25.5 Å².